The minimum Gasteiger partial charge on any atom is -0.465 e. The highest BCUT2D eigenvalue weighted by atomic mass is 16.5. The zero-order valence-corrected chi connectivity index (χ0v) is 21.3. The molecule has 0 amide bonds. The number of hydrogen-bond donors (Lipinski definition) is 0. The number of hydrogen-bond acceptors (Lipinski definition) is 3. The van der Waals surface area contributed by atoms with E-state index in [1.807, 2.05) is 13.8 Å². The SMILES string of the molecule is CCCCCCCC1CCC(C2CCC(C3CC[C@](C)(C(=O)OCC)C(=O)C3)CC2)CC1. The minimum absolute atomic E-state index is 0.127. The Morgan fingerprint density at radius 3 is 1.94 bits per heavy atom. The Balaban J connectivity index is 1.35. The van der Waals surface area contributed by atoms with Gasteiger partial charge >= 0.3 is 5.97 Å². The van der Waals surface area contributed by atoms with Gasteiger partial charge in [0.25, 0.3) is 0 Å². The Labute approximate surface area is 197 Å². The molecule has 2 atom stereocenters. The van der Waals surface area contributed by atoms with Crippen molar-refractivity contribution in [3.63, 3.8) is 0 Å². The molecule has 0 aliphatic heterocycles. The van der Waals surface area contributed by atoms with E-state index in [0.717, 1.165) is 24.2 Å². The van der Waals surface area contributed by atoms with Gasteiger partial charge in [-0.05, 0) is 94.8 Å². The van der Waals surface area contributed by atoms with E-state index in [2.05, 4.69) is 6.92 Å². The number of esters is 1. The highest BCUT2D eigenvalue weighted by Gasteiger charge is 2.47. The number of Topliss-reactive ketones (excluding diaryl/α,β-unsaturated/α-hetero) is 1. The van der Waals surface area contributed by atoms with Crippen molar-refractivity contribution in [2.75, 3.05) is 6.61 Å². The summed E-state index contributed by atoms with van der Waals surface area (Å²) >= 11 is 0. The molecule has 3 rings (SSSR count). The lowest BCUT2D eigenvalue weighted by molar-refractivity contribution is -0.162. The monoisotopic (exact) mass is 446 g/mol. The van der Waals surface area contributed by atoms with Crippen LogP contribution < -0.4 is 0 Å². The summed E-state index contributed by atoms with van der Waals surface area (Å²) in [4.78, 5) is 25.2. The first kappa shape index (κ1) is 25.8. The van der Waals surface area contributed by atoms with Crippen molar-refractivity contribution >= 4 is 11.8 Å². The predicted molar refractivity (Wildman–Crippen MR) is 131 cm³/mol. The normalized spacial score (nSPS) is 36.1. The van der Waals surface area contributed by atoms with Crippen molar-refractivity contribution in [3.8, 4) is 0 Å². The summed E-state index contributed by atoms with van der Waals surface area (Å²) < 4.78 is 5.20. The van der Waals surface area contributed by atoms with Crippen LogP contribution >= 0.6 is 0 Å². The van der Waals surface area contributed by atoms with Gasteiger partial charge in [0.15, 0.2) is 0 Å². The van der Waals surface area contributed by atoms with Crippen LogP contribution in [0.1, 0.15) is 130 Å². The van der Waals surface area contributed by atoms with Crippen LogP contribution in [0.25, 0.3) is 0 Å². The molecule has 3 aliphatic carbocycles. The highest BCUT2D eigenvalue weighted by Crippen LogP contribution is 2.47. The molecule has 0 bridgehead atoms. The zero-order chi connectivity index (χ0) is 23.0. The second-order valence-electron chi connectivity index (χ2n) is 11.6. The smallest absolute Gasteiger partial charge is 0.319 e. The van der Waals surface area contributed by atoms with E-state index in [1.165, 1.54) is 89.9 Å². The average molecular weight is 447 g/mol. The standard InChI is InChI=1S/C29H50O3/c1-4-6-7-8-9-10-22-11-13-23(14-12-22)24-15-17-25(18-16-24)26-19-20-29(3,27(30)21-26)28(31)32-5-2/h22-26H,4-21H2,1-3H3/t22?,23?,24?,25?,26?,29-/m0/s1. The minimum atomic E-state index is -0.891. The van der Waals surface area contributed by atoms with Crippen molar-refractivity contribution in [2.24, 2.45) is 35.0 Å². The first-order valence-corrected chi connectivity index (χ1v) is 14.2. The third-order valence-corrected chi connectivity index (χ3v) is 9.56. The molecule has 0 saturated heterocycles. The number of carbonyl (C=O) groups excluding carboxylic acids is 2. The topological polar surface area (TPSA) is 43.4 Å². The van der Waals surface area contributed by atoms with E-state index in [1.54, 1.807) is 0 Å². The summed E-state index contributed by atoms with van der Waals surface area (Å²) in [6, 6.07) is 0. The first-order valence-electron chi connectivity index (χ1n) is 14.2. The molecule has 0 spiro atoms. The van der Waals surface area contributed by atoms with Crippen LogP contribution in [0.5, 0.6) is 0 Å². The lowest BCUT2D eigenvalue weighted by atomic mass is 9.62. The Kier molecular flexibility index (Phi) is 10.1. The fraction of sp³-hybridized carbons (Fsp3) is 0.931. The fourth-order valence-corrected chi connectivity index (χ4v) is 7.16. The third kappa shape index (κ3) is 6.60. The van der Waals surface area contributed by atoms with Gasteiger partial charge in [0.2, 0.25) is 0 Å². The second kappa shape index (κ2) is 12.6. The van der Waals surface area contributed by atoms with Gasteiger partial charge in [0.1, 0.15) is 11.2 Å². The van der Waals surface area contributed by atoms with Gasteiger partial charge in [-0.3, -0.25) is 9.59 Å². The summed E-state index contributed by atoms with van der Waals surface area (Å²) in [7, 11) is 0. The van der Waals surface area contributed by atoms with Gasteiger partial charge in [0.05, 0.1) is 6.61 Å². The lowest BCUT2D eigenvalue weighted by Crippen LogP contribution is -2.44. The molecule has 0 radical (unpaired) electrons. The van der Waals surface area contributed by atoms with Crippen LogP contribution in [0.3, 0.4) is 0 Å². The summed E-state index contributed by atoms with van der Waals surface area (Å²) in [5.41, 5.74) is -0.891. The molecule has 3 heteroatoms. The lowest BCUT2D eigenvalue weighted by Gasteiger charge is -2.42. The number of carbonyl (C=O) groups is 2. The Bertz CT molecular complexity index is 583. The summed E-state index contributed by atoms with van der Waals surface area (Å²) in [6.45, 7) is 6.28. The number of ketones is 1. The fourth-order valence-electron chi connectivity index (χ4n) is 7.16. The van der Waals surface area contributed by atoms with E-state index in [-0.39, 0.29) is 11.8 Å². The van der Waals surface area contributed by atoms with Crippen LogP contribution in [0, 0.1) is 35.0 Å². The zero-order valence-electron chi connectivity index (χ0n) is 21.3. The molecule has 0 N–H and O–H groups in total. The van der Waals surface area contributed by atoms with E-state index >= 15 is 0 Å². The van der Waals surface area contributed by atoms with Gasteiger partial charge < -0.3 is 4.74 Å². The molecule has 3 fully saturated rings. The third-order valence-electron chi connectivity index (χ3n) is 9.56. The van der Waals surface area contributed by atoms with Crippen molar-refractivity contribution < 1.29 is 14.3 Å². The van der Waals surface area contributed by atoms with Gasteiger partial charge in [-0.25, -0.2) is 0 Å². The maximum Gasteiger partial charge on any atom is 0.319 e. The van der Waals surface area contributed by atoms with Crippen molar-refractivity contribution in [1.29, 1.82) is 0 Å². The number of unbranched alkanes of at least 4 members (excludes halogenated alkanes) is 4. The van der Waals surface area contributed by atoms with Crippen LogP contribution in [-0.4, -0.2) is 18.4 Å². The quantitative estimate of drug-likeness (QED) is 0.194. The van der Waals surface area contributed by atoms with Gasteiger partial charge in [-0.15, -0.1) is 0 Å². The van der Waals surface area contributed by atoms with E-state index in [9.17, 15) is 9.59 Å². The number of ether oxygens (including phenoxy) is 1. The molecule has 184 valence electrons. The number of rotatable bonds is 10. The predicted octanol–water partition coefficient (Wildman–Crippen LogP) is 7.90. The summed E-state index contributed by atoms with van der Waals surface area (Å²) in [5, 5.41) is 0. The largest absolute Gasteiger partial charge is 0.465 e. The van der Waals surface area contributed by atoms with Gasteiger partial charge in [-0.1, -0.05) is 58.3 Å². The molecular formula is C29H50O3. The molecule has 32 heavy (non-hydrogen) atoms. The summed E-state index contributed by atoms with van der Waals surface area (Å²) in [6.07, 6.45) is 22.1. The molecule has 1 unspecified atom stereocenters. The molecule has 0 aromatic rings. The van der Waals surface area contributed by atoms with Gasteiger partial charge in [0, 0.05) is 6.42 Å². The highest BCUT2D eigenvalue weighted by molar-refractivity contribution is 6.03. The van der Waals surface area contributed by atoms with Crippen molar-refractivity contribution in [3.05, 3.63) is 0 Å². The summed E-state index contributed by atoms with van der Waals surface area (Å²) in [5.74, 6) is 3.92. The van der Waals surface area contributed by atoms with Crippen molar-refractivity contribution in [1.82, 2.24) is 0 Å². The van der Waals surface area contributed by atoms with E-state index < -0.39 is 5.41 Å². The maximum absolute atomic E-state index is 12.9. The molecule has 0 heterocycles. The van der Waals surface area contributed by atoms with Crippen molar-refractivity contribution in [2.45, 2.75) is 130 Å². The van der Waals surface area contributed by atoms with Crippen LogP contribution in [0.4, 0.5) is 0 Å². The van der Waals surface area contributed by atoms with Crippen LogP contribution in [-0.2, 0) is 14.3 Å². The average Bonchev–Trinajstić information content (AvgIpc) is 2.81. The van der Waals surface area contributed by atoms with E-state index in [4.69, 9.17) is 4.74 Å². The van der Waals surface area contributed by atoms with E-state index in [0.29, 0.717) is 31.3 Å². The Morgan fingerprint density at radius 1 is 0.812 bits per heavy atom. The van der Waals surface area contributed by atoms with Gasteiger partial charge in [-0.2, -0.15) is 0 Å². The maximum atomic E-state index is 12.9. The molecule has 3 nitrogen and oxygen atoms in total. The van der Waals surface area contributed by atoms with Crippen LogP contribution in [0.15, 0.2) is 0 Å². The van der Waals surface area contributed by atoms with Crippen LogP contribution in [0.2, 0.25) is 0 Å². The Hall–Kier alpha value is -0.860. The second-order valence-corrected chi connectivity index (χ2v) is 11.6. The molecule has 0 aromatic heterocycles. The first-order chi connectivity index (χ1) is 15.5. The Morgan fingerprint density at radius 2 is 1.38 bits per heavy atom. The molecular weight excluding hydrogens is 396 g/mol. The molecule has 3 saturated carbocycles. The molecule has 3 aliphatic rings. The molecule has 0 aromatic carbocycles.